The maximum absolute atomic E-state index is 11.9. The highest BCUT2D eigenvalue weighted by Gasteiger charge is 2.28. The number of aliphatic carboxylic acids is 1. The molecule has 0 aliphatic heterocycles. The lowest BCUT2D eigenvalue weighted by atomic mass is 10.1. The number of rotatable bonds is 9. The largest absolute Gasteiger partial charge is 0.480 e. The molecule has 0 aromatic heterocycles. The van der Waals surface area contributed by atoms with Crippen molar-refractivity contribution in [2.24, 2.45) is 5.73 Å². The second-order valence-electron chi connectivity index (χ2n) is 5.31. The van der Waals surface area contributed by atoms with Gasteiger partial charge >= 0.3 is 5.97 Å². The van der Waals surface area contributed by atoms with Crippen molar-refractivity contribution in [3.05, 3.63) is 0 Å². The summed E-state index contributed by atoms with van der Waals surface area (Å²) in [5.41, 5.74) is 5.46. The van der Waals surface area contributed by atoms with E-state index in [0.717, 1.165) is 0 Å². The maximum Gasteiger partial charge on any atom is 0.328 e. The number of thiol groups is 1. The van der Waals surface area contributed by atoms with Crippen LogP contribution < -0.4 is 21.7 Å². The zero-order chi connectivity index (χ0) is 19.0. The summed E-state index contributed by atoms with van der Waals surface area (Å²) in [5, 5.41) is 25.0. The number of carboxylic acid groups (broad SMARTS) is 1. The molecule has 0 aliphatic carbocycles. The maximum atomic E-state index is 11.9. The van der Waals surface area contributed by atoms with Crippen LogP contribution >= 0.6 is 12.6 Å². The van der Waals surface area contributed by atoms with Gasteiger partial charge in [-0.3, -0.25) is 14.4 Å². The van der Waals surface area contributed by atoms with E-state index in [2.05, 4.69) is 28.6 Å². The van der Waals surface area contributed by atoms with Gasteiger partial charge < -0.3 is 31.9 Å². The van der Waals surface area contributed by atoms with E-state index in [0.29, 0.717) is 0 Å². The van der Waals surface area contributed by atoms with Crippen LogP contribution in [0.1, 0.15) is 20.8 Å². The minimum absolute atomic E-state index is 0.106. The third-order valence-corrected chi connectivity index (χ3v) is 3.48. The van der Waals surface area contributed by atoms with Crippen molar-refractivity contribution in [2.45, 2.75) is 51.0 Å². The van der Waals surface area contributed by atoms with Crippen molar-refractivity contribution >= 4 is 36.3 Å². The molecule has 5 unspecified atom stereocenters. The van der Waals surface area contributed by atoms with Crippen molar-refractivity contribution in [3.63, 3.8) is 0 Å². The molecule has 0 radical (unpaired) electrons. The molecule has 7 N–H and O–H groups in total. The van der Waals surface area contributed by atoms with Crippen molar-refractivity contribution in [1.82, 2.24) is 16.0 Å². The van der Waals surface area contributed by atoms with Crippen LogP contribution in [0.15, 0.2) is 0 Å². The summed E-state index contributed by atoms with van der Waals surface area (Å²) in [6.45, 7) is 3.95. The number of hydrogen-bond acceptors (Lipinski definition) is 7. The summed E-state index contributed by atoms with van der Waals surface area (Å²) in [7, 11) is 0. The van der Waals surface area contributed by atoms with E-state index in [4.69, 9.17) is 10.8 Å². The topological polar surface area (TPSA) is 171 Å². The Hall–Kier alpha value is -1.85. The highest BCUT2D eigenvalue weighted by Crippen LogP contribution is 1.96. The SMILES string of the molecule is CC(NC(=O)C(N)CS)C(=O)NC(C)C(=O)NC(C(=O)O)C(C)O. The third-order valence-electron chi connectivity index (χ3n) is 3.08. The molecule has 0 spiro atoms. The van der Waals surface area contributed by atoms with Crippen molar-refractivity contribution in [1.29, 1.82) is 0 Å². The molecule has 0 rings (SSSR count). The summed E-state index contributed by atoms with van der Waals surface area (Å²) in [6.07, 6.45) is -1.31. The normalized spacial score (nSPS) is 16.9. The number of hydrogen-bond donors (Lipinski definition) is 7. The van der Waals surface area contributed by atoms with Gasteiger partial charge in [0.05, 0.1) is 12.1 Å². The van der Waals surface area contributed by atoms with Gasteiger partial charge in [0.2, 0.25) is 17.7 Å². The predicted molar refractivity (Wildman–Crippen MR) is 88.3 cm³/mol. The van der Waals surface area contributed by atoms with Gasteiger partial charge in [-0.2, -0.15) is 12.6 Å². The molecular weight excluding hydrogens is 340 g/mol. The molecule has 0 bridgehead atoms. The Morgan fingerprint density at radius 3 is 1.75 bits per heavy atom. The second-order valence-corrected chi connectivity index (χ2v) is 5.68. The molecule has 24 heavy (non-hydrogen) atoms. The fourth-order valence-electron chi connectivity index (χ4n) is 1.54. The summed E-state index contributed by atoms with van der Waals surface area (Å²) in [6, 6.07) is -4.39. The molecule has 0 saturated carbocycles. The van der Waals surface area contributed by atoms with Gasteiger partial charge in [-0.25, -0.2) is 4.79 Å². The highest BCUT2D eigenvalue weighted by atomic mass is 32.1. The monoisotopic (exact) mass is 364 g/mol. The van der Waals surface area contributed by atoms with E-state index in [1.54, 1.807) is 0 Å². The van der Waals surface area contributed by atoms with Crippen LogP contribution in [0.5, 0.6) is 0 Å². The molecule has 0 fully saturated rings. The fourth-order valence-corrected chi connectivity index (χ4v) is 1.71. The number of carboxylic acids is 1. The number of aliphatic hydroxyl groups is 1. The molecule has 11 heteroatoms. The van der Waals surface area contributed by atoms with Gasteiger partial charge in [-0.05, 0) is 20.8 Å². The number of amides is 3. The Labute approximate surface area is 144 Å². The number of carbonyl (C=O) groups excluding carboxylic acids is 3. The Balaban J connectivity index is 4.60. The van der Waals surface area contributed by atoms with Crippen molar-refractivity contribution in [2.75, 3.05) is 5.75 Å². The Kier molecular flexibility index (Phi) is 9.33. The molecule has 0 aliphatic rings. The minimum atomic E-state index is -1.50. The standard InChI is InChI=1S/C13H24N4O6S/c1-5(16-12(21)8(14)4-24)10(19)15-6(2)11(20)17-9(7(3)18)13(22)23/h5-9,18,24H,4,14H2,1-3H3,(H,15,19)(H,16,21)(H,17,20)(H,22,23). The van der Waals surface area contributed by atoms with Gasteiger partial charge in [0, 0.05) is 5.75 Å². The van der Waals surface area contributed by atoms with Crippen LogP contribution in [0.3, 0.4) is 0 Å². The Morgan fingerprint density at radius 2 is 1.38 bits per heavy atom. The second kappa shape index (κ2) is 10.1. The van der Waals surface area contributed by atoms with E-state index in [-0.39, 0.29) is 5.75 Å². The van der Waals surface area contributed by atoms with E-state index < -0.39 is 54.0 Å². The number of aliphatic hydroxyl groups excluding tert-OH is 1. The van der Waals surface area contributed by atoms with Crippen molar-refractivity contribution < 1.29 is 29.4 Å². The van der Waals surface area contributed by atoms with E-state index in [1.165, 1.54) is 20.8 Å². The molecule has 138 valence electrons. The average molecular weight is 364 g/mol. The first-order valence-electron chi connectivity index (χ1n) is 7.19. The van der Waals surface area contributed by atoms with Crippen LogP contribution in [0, 0.1) is 0 Å². The quantitative estimate of drug-likeness (QED) is 0.217. The third kappa shape index (κ3) is 7.15. The Morgan fingerprint density at radius 1 is 0.958 bits per heavy atom. The van der Waals surface area contributed by atoms with Gasteiger partial charge in [0.1, 0.15) is 12.1 Å². The minimum Gasteiger partial charge on any atom is -0.480 e. The molecule has 10 nitrogen and oxygen atoms in total. The highest BCUT2D eigenvalue weighted by molar-refractivity contribution is 7.80. The van der Waals surface area contributed by atoms with Crippen LogP contribution in [-0.4, -0.2) is 69.9 Å². The molecule has 5 atom stereocenters. The number of nitrogens with one attached hydrogen (secondary N) is 3. The molecular formula is C13H24N4O6S. The molecule has 0 heterocycles. The summed E-state index contributed by atoms with van der Waals surface area (Å²) in [5.74, 6) is -3.30. The molecule has 0 aromatic rings. The van der Waals surface area contributed by atoms with Gasteiger partial charge in [-0.15, -0.1) is 0 Å². The van der Waals surface area contributed by atoms with E-state index in [9.17, 15) is 24.3 Å². The Bertz CT molecular complexity index is 487. The average Bonchev–Trinajstić information content (AvgIpc) is 2.50. The summed E-state index contributed by atoms with van der Waals surface area (Å²) >= 11 is 3.87. The van der Waals surface area contributed by atoms with Gasteiger partial charge in [-0.1, -0.05) is 0 Å². The van der Waals surface area contributed by atoms with Crippen LogP contribution in [0.2, 0.25) is 0 Å². The summed E-state index contributed by atoms with van der Waals surface area (Å²) in [4.78, 5) is 46.3. The van der Waals surface area contributed by atoms with Crippen LogP contribution in [-0.2, 0) is 19.2 Å². The smallest absolute Gasteiger partial charge is 0.328 e. The number of nitrogens with two attached hydrogens (primary N) is 1. The molecule has 0 saturated heterocycles. The van der Waals surface area contributed by atoms with Crippen LogP contribution in [0.25, 0.3) is 0 Å². The van der Waals surface area contributed by atoms with Crippen molar-refractivity contribution in [3.8, 4) is 0 Å². The summed E-state index contributed by atoms with van der Waals surface area (Å²) < 4.78 is 0. The molecule has 3 amide bonds. The lowest BCUT2D eigenvalue weighted by molar-refractivity contribution is -0.145. The van der Waals surface area contributed by atoms with E-state index >= 15 is 0 Å². The fraction of sp³-hybridized carbons (Fsp3) is 0.692. The first-order chi connectivity index (χ1) is 11.0. The number of carbonyl (C=O) groups is 4. The zero-order valence-electron chi connectivity index (χ0n) is 13.6. The predicted octanol–water partition coefficient (Wildman–Crippen LogP) is -2.80. The zero-order valence-corrected chi connectivity index (χ0v) is 14.5. The first-order valence-corrected chi connectivity index (χ1v) is 7.82. The lowest BCUT2D eigenvalue weighted by Gasteiger charge is -2.22. The first kappa shape index (κ1) is 22.1. The lowest BCUT2D eigenvalue weighted by Crippen LogP contribution is -2.57. The van der Waals surface area contributed by atoms with E-state index in [1.807, 2.05) is 0 Å². The molecule has 0 aromatic carbocycles. The van der Waals surface area contributed by atoms with Gasteiger partial charge in [0.25, 0.3) is 0 Å². The van der Waals surface area contributed by atoms with Crippen LogP contribution in [0.4, 0.5) is 0 Å². The van der Waals surface area contributed by atoms with Gasteiger partial charge in [0.15, 0.2) is 6.04 Å².